The van der Waals surface area contributed by atoms with Crippen LogP contribution in [0.5, 0.6) is 5.75 Å². The molecule has 6 heteroatoms. The number of nitrogens with zero attached hydrogens (tertiary/aromatic N) is 2. The fourth-order valence-electron chi connectivity index (χ4n) is 1.45. The van der Waals surface area contributed by atoms with Gasteiger partial charge in [0.25, 0.3) is 0 Å². The molecule has 19 heavy (non-hydrogen) atoms. The van der Waals surface area contributed by atoms with Crippen molar-refractivity contribution in [3.05, 3.63) is 29.6 Å². The highest BCUT2D eigenvalue weighted by atomic mass is 19.1. The predicted octanol–water partition coefficient (Wildman–Crippen LogP) is 2.00. The van der Waals surface area contributed by atoms with Gasteiger partial charge >= 0.3 is 0 Å². The number of hydrogen-bond acceptors (Lipinski definition) is 3. The fourth-order valence-corrected chi connectivity index (χ4v) is 1.45. The number of guanidine groups is 1. The number of unbranched alkanes of at least 4 members (excludes halogenated alkanes) is 2. The molecule has 1 rings (SSSR count). The molecule has 1 aromatic rings. The number of nitrogens with two attached hydrogens (primary N) is 2. The summed E-state index contributed by atoms with van der Waals surface area (Å²) in [4.78, 5) is 0. The minimum Gasteiger partial charge on any atom is -0.493 e. The number of ether oxygens (including phenoxy) is 1. The van der Waals surface area contributed by atoms with E-state index >= 15 is 0 Å². The summed E-state index contributed by atoms with van der Waals surface area (Å²) in [7, 11) is 0. The van der Waals surface area contributed by atoms with Crippen molar-refractivity contribution in [1.82, 2.24) is 0 Å². The van der Waals surface area contributed by atoms with Crippen LogP contribution in [0.25, 0.3) is 0 Å². The molecule has 0 radical (unpaired) electrons. The van der Waals surface area contributed by atoms with Crippen LogP contribution in [0.2, 0.25) is 0 Å². The molecule has 0 saturated carbocycles. The van der Waals surface area contributed by atoms with Crippen LogP contribution in [-0.2, 0) is 0 Å². The molecule has 0 amide bonds. The summed E-state index contributed by atoms with van der Waals surface area (Å²) < 4.78 is 18.8. The minimum absolute atomic E-state index is 0.149. The first kappa shape index (κ1) is 14.9. The molecule has 1 aromatic carbocycles. The second-order valence-electron chi connectivity index (χ2n) is 4.05. The van der Waals surface area contributed by atoms with Gasteiger partial charge in [-0.2, -0.15) is 5.10 Å². The van der Waals surface area contributed by atoms with Crippen LogP contribution in [-0.4, -0.2) is 18.8 Å². The topological polar surface area (TPSA) is 86.0 Å². The zero-order chi connectivity index (χ0) is 14.1. The average molecular weight is 266 g/mol. The predicted molar refractivity (Wildman–Crippen MR) is 74.8 cm³/mol. The van der Waals surface area contributed by atoms with E-state index in [1.54, 1.807) is 6.07 Å². The number of hydrogen-bond donors (Lipinski definition) is 2. The van der Waals surface area contributed by atoms with Crippen molar-refractivity contribution in [3.63, 3.8) is 0 Å². The molecule has 0 spiro atoms. The second kappa shape index (κ2) is 8.07. The molecule has 0 atom stereocenters. The third-order valence-corrected chi connectivity index (χ3v) is 2.29. The Hall–Kier alpha value is -2.11. The molecule has 0 fully saturated rings. The van der Waals surface area contributed by atoms with E-state index < -0.39 is 0 Å². The highest BCUT2D eigenvalue weighted by Crippen LogP contribution is 2.16. The van der Waals surface area contributed by atoms with Gasteiger partial charge in [0.15, 0.2) is 0 Å². The number of rotatable bonds is 7. The second-order valence-corrected chi connectivity index (χ2v) is 4.05. The molecule has 0 aromatic heterocycles. The molecule has 0 unspecified atom stereocenters. The first-order chi connectivity index (χ1) is 9.11. The summed E-state index contributed by atoms with van der Waals surface area (Å²) in [5.74, 6) is -0.0647. The molecule has 0 heterocycles. The lowest BCUT2D eigenvalue weighted by atomic mass is 10.2. The van der Waals surface area contributed by atoms with Crippen molar-refractivity contribution >= 4 is 12.2 Å². The molecule has 5 nitrogen and oxygen atoms in total. The van der Waals surface area contributed by atoms with Crippen molar-refractivity contribution in [1.29, 1.82) is 0 Å². The van der Waals surface area contributed by atoms with Gasteiger partial charge in [-0.1, -0.05) is 19.8 Å². The lowest BCUT2D eigenvalue weighted by molar-refractivity contribution is 0.305. The van der Waals surface area contributed by atoms with Crippen LogP contribution in [0.1, 0.15) is 31.7 Å². The van der Waals surface area contributed by atoms with Gasteiger partial charge in [0.2, 0.25) is 5.96 Å². The van der Waals surface area contributed by atoms with E-state index in [9.17, 15) is 4.39 Å². The Balaban J connectivity index is 2.66. The van der Waals surface area contributed by atoms with Crippen LogP contribution in [0, 0.1) is 5.82 Å². The van der Waals surface area contributed by atoms with Crippen LogP contribution < -0.4 is 16.2 Å². The van der Waals surface area contributed by atoms with Gasteiger partial charge in [-0.15, -0.1) is 5.10 Å². The average Bonchev–Trinajstić information content (AvgIpc) is 2.34. The third kappa shape index (κ3) is 6.40. The van der Waals surface area contributed by atoms with E-state index in [0.29, 0.717) is 17.9 Å². The van der Waals surface area contributed by atoms with Gasteiger partial charge in [-0.25, -0.2) is 4.39 Å². The van der Waals surface area contributed by atoms with Crippen molar-refractivity contribution in [3.8, 4) is 5.75 Å². The monoisotopic (exact) mass is 266 g/mol. The minimum atomic E-state index is -0.390. The maximum atomic E-state index is 13.4. The van der Waals surface area contributed by atoms with Gasteiger partial charge in [0, 0.05) is 11.6 Å². The smallest absolute Gasteiger partial charge is 0.211 e. The maximum Gasteiger partial charge on any atom is 0.211 e. The Labute approximate surface area is 112 Å². The molecule has 104 valence electrons. The normalized spacial score (nSPS) is 10.6. The molecule has 0 bridgehead atoms. The van der Waals surface area contributed by atoms with Crippen molar-refractivity contribution in [2.75, 3.05) is 6.61 Å². The Morgan fingerprint density at radius 3 is 2.79 bits per heavy atom. The Morgan fingerprint density at radius 2 is 2.11 bits per heavy atom. The molecular formula is C13H19FN4O. The van der Waals surface area contributed by atoms with E-state index in [2.05, 4.69) is 17.1 Å². The van der Waals surface area contributed by atoms with Gasteiger partial charge in [0.05, 0.1) is 12.8 Å². The molecule has 0 aliphatic rings. The van der Waals surface area contributed by atoms with Crippen molar-refractivity contribution in [2.24, 2.45) is 21.7 Å². The molecular weight excluding hydrogens is 247 g/mol. The highest BCUT2D eigenvalue weighted by molar-refractivity contribution is 5.82. The first-order valence-corrected chi connectivity index (χ1v) is 6.17. The zero-order valence-electron chi connectivity index (χ0n) is 11.0. The number of halogens is 1. The highest BCUT2D eigenvalue weighted by Gasteiger charge is 2.00. The van der Waals surface area contributed by atoms with E-state index in [4.69, 9.17) is 16.2 Å². The van der Waals surface area contributed by atoms with Gasteiger partial charge in [0.1, 0.15) is 11.6 Å². The molecule has 0 aliphatic carbocycles. The summed E-state index contributed by atoms with van der Waals surface area (Å²) in [5, 5.41) is 7.07. The summed E-state index contributed by atoms with van der Waals surface area (Å²) in [5.41, 5.74) is 10.8. The van der Waals surface area contributed by atoms with E-state index in [0.717, 1.165) is 19.3 Å². The van der Waals surface area contributed by atoms with Crippen LogP contribution >= 0.6 is 0 Å². The molecule has 0 saturated heterocycles. The van der Waals surface area contributed by atoms with E-state index in [-0.39, 0.29) is 11.8 Å². The first-order valence-electron chi connectivity index (χ1n) is 6.17. The van der Waals surface area contributed by atoms with Gasteiger partial charge in [-0.05, 0) is 18.6 Å². The zero-order valence-corrected chi connectivity index (χ0v) is 11.0. The lowest BCUT2D eigenvalue weighted by Crippen LogP contribution is -2.21. The van der Waals surface area contributed by atoms with Crippen molar-refractivity contribution in [2.45, 2.75) is 26.2 Å². The van der Waals surface area contributed by atoms with Crippen LogP contribution in [0.3, 0.4) is 0 Å². The van der Waals surface area contributed by atoms with Crippen LogP contribution in [0.4, 0.5) is 4.39 Å². The Morgan fingerprint density at radius 1 is 1.32 bits per heavy atom. The Bertz CT molecular complexity index is 456. The standard InChI is InChI=1S/C13H19FN4O/c1-2-3-4-5-19-12-7-10(6-11(14)8-12)9-17-18-13(15)16/h6-9H,2-5H2,1H3,(H4,15,16,18). The molecule has 4 N–H and O–H groups in total. The SMILES string of the molecule is CCCCCOc1cc(F)cc(C=NN=C(N)N)c1. The van der Waals surface area contributed by atoms with E-state index in [1.165, 1.54) is 18.3 Å². The maximum absolute atomic E-state index is 13.4. The van der Waals surface area contributed by atoms with Crippen LogP contribution in [0.15, 0.2) is 28.4 Å². The quantitative estimate of drug-likeness (QED) is 0.342. The van der Waals surface area contributed by atoms with Gasteiger partial charge < -0.3 is 16.2 Å². The lowest BCUT2D eigenvalue weighted by Gasteiger charge is -2.06. The summed E-state index contributed by atoms with van der Waals surface area (Å²) >= 11 is 0. The fraction of sp³-hybridized carbons (Fsp3) is 0.385. The largest absolute Gasteiger partial charge is 0.493 e. The summed E-state index contributed by atoms with van der Waals surface area (Å²) in [6.45, 7) is 2.68. The third-order valence-electron chi connectivity index (χ3n) is 2.29. The van der Waals surface area contributed by atoms with E-state index in [1.807, 2.05) is 0 Å². The van der Waals surface area contributed by atoms with Gasteiger partial charge in [-0.3, -0.25) is 0 Å². The molecule has 0 aliphatic heterocycles. The Kier molecular flexibility index (Phi) is 6.35. The summed E-state index contributed by atoms with van der Waals surface area (Å²) in [6, 6.07) is 4.34. The number of benzene rings is 1. The van der Waals surface area contributed by atoms with Crippen molar-refractivity contribution < 1.29 is 9.13 Å². The summed E-state index contributed by atoms with van der Waals surface area (Å²) in [6.07, 6.45) is 4.52.